The third kappa shape index (κ3) is 2.73. The minimum atomic E-state index is 0.528. The summed E-state index contributed by atoms with van der Waals surface area (Å²) in [6, 6.07) is 1.92. The zero-order valence-electron chi connectivity index (χ0n) is 11.2. The fourth-order valence-corrected chi connectivity index (χ4v) is 2.56. The quantitative estimate of drug-likeness (QED) is 0.865. The molecule has 0 aromatic carbocycles. The zero-order chi connectivity index (χ0) is 13.4. The van der Waals surface area contributed by atoms with Crippen LogP contribution in [0.1, 0.15) is 36.0 Å². The molecule has 2 aromatic rings. The van der Waals surface area contributed by atoms with Crippen LogP contribution < -0.4 is 5.32 Å². The number of oxazole rings is 1. The molecule has 1 aliphatic rings. The molecule has 0 bridgehead atoms. The van der Waals surface area contributed by atoms with Crippen LogP contribution in [0.3, 0.4) is 0 Å². The first-order valence-electron chi connectivity index (χ1n) is 6.34. The fourth-order valence-electron chi connectivity index (χ4n) is 1.72. The van der Waals surface area contributed by atoms with Crippen LogP contribution in [0.25, 0.3) is 0 Å². The van der Waals surface area contributed by atoms with Crippen LogP contribution in [0.2, 0.25) is 0 Å². The van der Waals surface area contributed by atoms with Gasteiger partial charge in [-0.3, -0.25) is 0 Å². The highest BCUT2D eigenvalue weighted by atomic mass is 32.2. The first-order valence-corrected chi connectivity index (χ1v) is 7.16. The molecule has 19 heavy (non-hydrogen) atoms. The molecule has 0 amide bonds. The van der Waals surface area contributed by atoms with Gasteiger partial charge in [-0.15, -0.1) is 0 Å². The van der Waals surface area contributed by atoms with Gasteiger partial charge in [0.25, 0.3) is 5.22 Å². The molecule has 3 rings (SSSR count). The van der Waals surface area contributed by atoms with Crippen molar-refractivity contribution in [2.24, 2.45) is 0 Å². The Morgan fingerprint density at radius 2 is 2.05 bits per heavy atom. The highest BCUT2D eigenvalue weighted by Crippen LogP contribution is 2.39. The van der Waals surface area contributed by atoms with Crippen LogP contribution in [-0.2, 0) is 0 Å². The van der Waals surface area contributed by atoms with Crippen molar-refractivity contribution in [1.82, 2.24) is 15.0 Å². The number of rotatable bonds is 4. The van der Waals surface area contributed by atoms with Gasteiger partial charge in [0.05, 0.1) is 5.69 Å². The normalized spacial score (nSPS) is 14.7. The van der Waals surface area contributed by atoms with Crippen LogP contribution in [0.15, 0.2) is 20.7 Å². The zero-order valence-corrected chi connectivity index (χ0v) is 12.0. The Hall–Kier alpha value is -1.56. The smallest absolute Gasteiger partial charge is 0.262 e. The molecular weight excluding hydrogens is 260 g/mol. The lowest BCUT2D eigenvalue weighted by molar-refractivity contribution is 0.431. The third-order valence-electron chi connectivity index (χ3n) is 3.12. The largest absolute Gasteiger partial charge is 0.436 e. The molecular formula is C13H16N4OS. The minimum Gasteiger partial charge on any atom is -0.436 e. The highest BCUT2D eigenvalue weighted by Gasteiger charge is 2.27. The highest BCUT2D eigenvalue weighted by molar-refractivity contribution is 7.99. The molecule has 0 saturated heterocycles. The summed E-state index contributed by atoms with van der Waals surface area (Å²) in [5.74, 6) is 3.15. The number of hydrogen-bond acceptors (Lipinski definition) is 6. The summed E-state index contributed by atoms with van der Waals surface area (Å²) < 4.78 is 5.58. The lowest BCUT2D eigenvalue weighted by Crippen LogP contribution is -2.00. The molecule has 2 heterocycles. The van der Waals surface area contributed by atoms with E-state index in [2.05, 4.69) is 20.3 Å². The van der Waals surface area contributed by atoms with Gasteiger partial charge in [0.1, 0.15) is 22.4 Å². The van der Waals surface area contributed by atoms with E-state index < -0.39 is 0 Å². The van der Waals surface area contributed by atoms with E-state index in [1.807, 2.05) is 27.0 Å². The summed E-state index contributed by atoms with van der Waals surface area (Å²) in [4.78, 5) is 13.4. The molecule has 100 valence electrons. The second kappa shape index (κ2) is 4.85. The number of nitrogens with one attached hydrogen (secondary N) is 1. The summed E-state index contributed by atoms with van der Waals surface area (Å²) in [5.41, 5.74) is 0.924. The van der Waals surface area contributed by atoms with Crippen molar-refractivity contribution in [3.8, 4) is 0 Å². The average Bonchev–Trinajstić information content (AvgIpc) is 3.18. The Labute approximate surface area is 116 Å². The predicted octanol–water partition coefficient (Wildman–Crippen LogP) is 3.15. The van der Waals surface area contributed by atoms with Gasteiger partial charge < -0.3 is 9.73 Å². The van der Waals surface area contributed by atoms with Gasteiger partial charge >= 0.3 is 0 Å². The van der Waals surface area contributed by atoms with Crippen molar-refractivity contribution in [3.63, 3.8) is 0 Å². The number of aryl methyl sites for hydroxylation is 2. The Kier molecular flexibility index (Phi) is 3.18. The first kappa shape index (κ1) is 12.5. The van der Waals surface area contributed by atoms with E-state index in [-0.39, 0.29) is 0 Å². The molecule has 0 spiro atoms. The maximum atomic E-state index is 5.58. The second-order valence-electron chi connectivity index (χ2n) is 4.70. The van der Waals surface area contributed by atoms with Crippen molar-refractivity contribution in [2.75, 3.05) is 12.4 Å². The molecule has 2 aromatic heterocycles. The summed E-state index contributed by atoms with van der Waals surface area (Å²) in [6.07, 6.45) is 2.38. The number of anilines is 1. The van der Waals surface area contributed by atoms with Crippen LogP contribution in [-0.4, -0.2) is 22.0 Å². The molecule has 1 saturated carbocycles. The van der Waals surface area contributed by atoms with Crippen molar-refractivity contribution >= 4 is 17.6 Å². The maximum absolute atomic E-state index is 5.58. The molecule has 1 aliphatic carbocycles. The number of hydrogen-bond donors (Lipinski definition) is 1. The lowest BCUT2D eigenvalue weighted by Gasteiger charge is -2.05. The molecule has 0 atom stereocenters. The Balaban J connectivity index is 1.88. The van der Waals surface area contributed by atoms with E-state index in [4.69, 9.17) is 4.42 Å². The molecule has 1 fully saturated rings. The van der Waals surface area contributed by atoms with Gasteiger partial charge in [0, 0.05) is 19.0 Å². The van der Waals surface area contributed by atoms with E-state index in [1.54, 1.807) is 0 Å². The molecule has 0 aliphatic heterocycles. The molecule has 5 nitrogen and oxygen atoms in total. The number of nitrogens with zero attached hydrogens (tertiary/aromatic N) is 3. The lowest BCUT2D eigenvalue weighted by atomic mass is 10.4. The van der Waals surface area contributed by atoms with Crippen molar-refractivity contribution in [2.45, 2.75) is 42.9 Å². The van der Waals surface area contributed by atoms with Gasteiger partial charge in [0.2, 0.25) is 0 Å². The van der Waals surface area contributed by atoms with Crippen LogP contribution in [0.4, 0.5) is 5.82 Å². The summed E-state index contributed by atoms with van der Waals surface area (Å²) >= 11 is 1.44. The van der Waals surface area contributed by atoms with Crippen LogP contribution in [0, 0.1) is 13.8 Å². The topological polar surface area (TPSA) is 63.8 Å². The Bertz CT molecular complexity index is 587. The average molecular weight is 276 g/mol. The minimum absolute atomic E-state index is 0.528. The van der Waals surface area contributed by atoms with Crippen molar-refractivity contribution in [1.29, 1.82) is 0 Å². The molecule has 1 N–H and O–H groups in total. The van der Waals surface area contributed by atoms with Gasteiger partial charge in [-0.25, -0.2) is 15.0 Å². The van der Waals surface area contributed by atoms with E-state index in [9.17, 15) is 0 Å². The predicted molar refractivity (Wildman–Crippen MR) is 73.7 cm³/mol. The monoisotopic (exact) mass is 276 g/mol. The van der Waals surface area contributed by atoms with E-state index in [0.29, 0.717) is 11.1 Å². The molecule has 0 unspecified atom stereocenters. The van der Waals surface area contributed by atoms with Crippen molar-refractivity contribution in [3.05, 3.63) is 23.3 Å². The van der Waals surface area contributed by atoms with E-state index in [0.717, 1.165) is 28.1 Å². The van der Waals surface area contributed by atoms with Crippen LogP contribution >= 0.6 is 11.8 Å². The Morgan fingerprint density at radius 1 is 1.26 bits per heavy atom. The summed E-state index contributed by atoms with van der Waals surface area (Å²) in [6.45, 7) is 3.86. The molecule has 0 radical (unpaired) electrons. The fraction of sp³-hybridized carbons (Fsp3) is 0.462. The number of aromatic nitrogens is 3. The van der Waals surface area contributed by atoms with E-state index in [1.165, 1.54) is 24.6 Å². The van der Waals surface area contributed by atoms with Crippen molar-refractivity contribution < 1.29 is 4.42 Å². The van der Waals surface area contributed by atoms with Gasteiger partial charge in [-0.05, 0) is 38.5 Å². The summed E-state index contributed by atoms with van der Waals surface area (Å²) in [7, 11) is 1.87. The van der Waals surface area contributed by atoms with Gasteiger partial charge in [-0.2, -0.15) is 0 Å². The maximum Gasteiger partial charge on any atom is 0.262 e. The first-order chi connectivity index (χ1) is 9.15. The second-order valence-corrected chi connectivity index (χ2v) is 5.67. The standard InChI is InChI=1S/C13H16N4OS/c1-7-8(2)18-13(15-7)19-11-6-10(14-3)16-12(17-11)9-4-5-9/h6,9H,4-5H2,1-3H3,(H,14,16,17). The van der Waals surface area contributed by atoms with Crippen LogP contribution in [0.5, 0.6) is 0 Å². The molecule has 6 heteroatoms. The SMILES string of the molecule is CNc1cc(Sc2nc(C)c(C)o2)nc(C2CC2)n1. The van der Waals surface area contributed by atoms with Gasteiger partial charge in [-0.1, -0.05) is 0 Å². The van der Waals surface area contributed by atoms with Gasteiger partial charge in [0.15, 0.2) is 0 Å². The Morgan fingerprint density at radius 3 is 2.63 bits per heavy atom. The summed E-state index contributed by atoms with van der Waals surface area (Å²) in [5, 5.41) is 4.59. The van der Waals surface area contributed by atoms with E-state index >= 15 is 0 Å². The third-order valence-corrected chi connectivity index (χ3v) is 3.89.